The van der Waals surface area contributed by atoms with Gasteiger partial charge in [0.05, 0.1) is 12.7 Å². The molecule has 1 aliphatic heterocycles. The van der Waals surface area contributed by atoms with E-state index >= 15 is 0 Å². The van der Waals surface area contributed by atoms with Crippen molar-refractivity contribution in [2.45, 2.75) is 45.4 Å². The summed E-state index contributed by atoms with van der Waals surface area (Å²) in [6.07, 6.45) is 4.03. The molecule has 0 spiro atoms. The van der Waals surface area contributed by atoms with Gasteiger partial charge in [0.1, 0.15) is 10.9 Å². The van der Waals surface area contributed by atoms with Crippen LogP contribution in [0.1, 0.15) is 39.3 Å². The number of nitrogens with one attached hydrogen (secondary N) is 1. The molecule has 1 aromatic heterocycles. The van der Waals surface area contributed by atoms with E-state index in [-0.39, 0.29) is 30.5 Å². The first kappa shape index (κ1) is 15.4. The van der Waals surface area contributed by atoms with E-state index in [0.717, 1.165) is 19.3 Å². The first-order valence-electron chi connectivity index (χ1n) is 7.09. The largest absolute Gasteiger partial charge is 0.394 e. The summed E-state index contributed by atoms with van der Waals surface area (Å²) in [5.41, 5.74) is -0.254. The number of aliphatic hydroxyl groups is 1. The van der Waals surface area contributed by atoms with Crippen molar-refractivity contribution in [2.24, 2.45) is 11.8 Å². The Morgan fingerprint density at radius 2 is 2.35 bits per heavy atom. The summed E-state index contributed by atoms with van der Waals surface area (Å²) in [5, 5.41) is 9.30. The van der Waals surface area contributed by atoms with Gasteiger partial charge in [-0.3, -0.25) is 9.55 Å². The van der Waals surface area contributed by atoms with Gasteiger partial charge in [-0.25, -0.2) is 4.79 Å². The summed E-state index contributed by atoms with van der Waals surface area (Å²) in [6, 6.07) is 1.69. The van der Waals surface area contributed by atoms with Crippen molar-refractivity contribution in [3.8, 4) is 0 Å². The zero-order valence-corrected chi connectivity index (χ0v) is 12.7. The average molecular weight is 298 g/mol. The lowest BCUT2D eigenvalue weighted by Crippen LogP contribution is -2.29. The molecule has 0 radical (unpaired) electrons. The quantitative estimate of drug-likeness (QED) is 0.818. The number of hydrogen-bond acceptors (Lipinski definition) is 4. The highest BCUT2D eigenvalue weighted by molar-refractivity contribution is 7.71. The molecule has 20 heavy (non-hydrogen) atoms. The minimum Gasteiger partial charge on any atom is -0.394 e. The van der Waals surface area contributed by atoms with Gasteiger partial charge < -0.3 is 9.84 Å². The first-order valence-corrected chi connectivity index (χ1v) is 7.50. The van der Waals surface area contributed by atoms with Gasteiger partial charge in [-0.05, 0) is 24.8 Å². The van der Waals surface area contributed by atoms with Crippen LogP contribution in [0.4, 0.5) is 0 Å². The van der Waals surface area contributed by atoms with Crippen LogP contribution < -0.4 is 5.69 Å². The second-order valence-electron chi connectivity index (χ2n) is 5.82. The van der Waals surface area contributed by atoms with E-state index in [1.165, 1.54) is 0 Å². The topological polar surface area (TPSA) is 67.2 Å². The van der Waals surface area contributed by atoms with Crippen LogP contribution in [-0.2, 0) is 4.74 Å². The SMILES string of the molecule is CC(C)CCC1C[C@H](CO)O[C@@H]1n1ccc(=S)[nH]c1=O. The van der Waals surface area contributed by atoms with Gasteiger partial charge in [-0.2, -0.15) is 0 Å². The highest BCUT2D eigenvalue weighted by Gasteiger charge is 2.36. The Labute approximate surface area is 123 Å². The number of aliphatic hydroxyl groups excluding tert-OH is 1. The van der Waals surface area contributed by atoms with Crippen LogP contribution in [0.15, 0.2) is 17.1 Å². The zero-order valence-electron chi connectivity index (χ0n) is 11.9. The lowest BCUT2D eigenvalue weighted by Gasteiger charge is -2.21. The fourth-order valence-electron chi connectivity index (χ4n) is 2.66. The van der Waals surface area contributed by atoms with Crippen LogP contribution in [0.2, 0.25) is 0 Å². The van der Waals surface area contributed by atoms with Gasteiger partial charge in [-0.15, -0.1) is 0 Å². The van der Waals surface area contributed by atoms with Crippen molar-refractivity contribution < 1.29 is 9.84 Å². The maximum Gasteiger partial charge on any atom is 0.328 e. The molecule has 0 saturated carbocycles. The van der Waals surface area contributed by atoms with Crippen LogP contribution in [0.25, 0.3) is 0 Å². The van der Waals surface area contributed by atoms with Crippen molar-refractivity contribution in [3.05, 3.63) is 27.4 Å². The lowest BCUT2D eigenvalue weighted by molar-refractivity contribution is -0.0365. The Bertz CT molecular complexity index is 552. The molecule has 3 atom stereocenters. The lowest BCUT2D eigenvalue weighted by atomic mass is 9.93. The van der Waals surface area contributed by atoms with E-state index in [2.05, 4.69) is 18.8 Å². The third-order valence-corrected chi connectivity index (χ3v) is 3.98. The summed E-state index contributed by atoms with van der Waals surface area (Å²) in [6.45, 7) is 4.35. The number of ether oxygens (including phenoxy) is 1. The smallest absolute Gasteiger partial charge is 0.328 e. The second kappa shape index (κ2) is 6.65. The van der Waals surface area contributed by atoms with Gasteiger partial charge in [0.25, 0.3) is 0 Å². The number of nitrogens with zero attached hydrogens (tertiary/aromatic N) is 1. The zero-order chi connectivity index (χ0) is 14.7. The molecule has 2 N–H and O–H groups in total. The summed E-state index contributed by atoms with van der Waals surface area (Å²) >= 11 is 4.95. The molecule has 0 aromatic carbocycles. The predicted molar refractivity (Wildman–Crippen MR) is 79.1 cm³/mol. The molecule has 0 bridgehead atoms. The number of aromatic nitrogens is 2. The maximum absolute atomic E-state index is 12.0. The molecule has 1 unspecified atom stereocenters. The number of H-pyrrole nitrogens is 1. The molecule has 1 fully saturated rings. The Morgan fingerprint density at radius 3 is 2.95 bits per heavy atom. The molecule has 1 saturated heterocycles. The molecular weight excluding hydrogens is 276 g/mol. The van der Waals surface area contributed by atoms with E-state index in [4.69, 9.17) is 17.0 Å². The highest BCUT2D eigenvalue weighted by Crippen LogP contribution is 2.37. The monoisotopic (exact) mass is 298 g/mol. The molecule has 5 nitrogen and oxygen atoms in total. The van der Waals surface area contributed by atoms with Gasteiger partial charge >= 0.3 is 5.69 Å². The van der Waals surface area contributed by atoms with Crippen LogP contribution >= 0.6 is 12.2 Å². The first-order chi connectivity index (χ1) is 9.51. The Balaban J connectivity index is 2.21. The van der Waals surface area contributed by atoms with E-state index in [1.54, 1.807) is 16.8 Å². The number of aromatic amines is 1. The molecular formula is C14H22N2O3S. The molecule has 0 aliphatic carbocycles. The Morgan fingerprint density at radius 1 is 1.60 bits per heavy atom. The van der Waals surface area contributed by atoms with Crippen LogP contribution in [0, 0.1) is 16.5 Å². The fourth-order valence-corrected chi connectivity index (χ4v) is 2.81. The number of hydrogen-bond donors (Lipinski definition) is 2. The van der Waals surface area contributed by atoms with E-state index < -0.39 is 0 Å². The minimum atomic E-state index is -0.315. The van der Waals surface area contributed by atoms with E-state index in [9.17, 15) is 9.90 Å². The van der Waals surface area contributed by atoms with Crippen LogP contribution in [0.3, 0.4) is 0 Å². The van der Waals surface area contributed by atoms with Crippen molar-refractivity contribution in [1.82, 2.24) is 9.55 Å². The predicted octanol–water partition coefficient (Wildman–Crippen LogP) is 2.24. The van der Waals surface area contributed by atoms with Crippen molar-refractivity contribution in [2.75, 3.05) is 6.61 Å². The summed E-state index contributed by atoms with van der Waals surface area (Å²) < 4.78 is 7.79. The molecule has 0 amide bonds. The molecule has 6 heteroatoms. The fraction of sp³-hybridized carbons (Fsp3) is 0.714. The van der Waals surface area contributed by atoms with Crippen molar-refractivity contribution in [3.63, 3.8) is 0 Å². The van der Waals surface area contributed by atoms with E-state index in [1.807, 2.05) is 0 Å². The number of rotatable bonds is 5. The normalized spacial score (nSPS) is 26.3. The Kier molecular flexibility index (Phi) is 5.12. The van der Waals surface area contributed by atoms with Gasteiger partial charge in [0.2, 0.25) is 0 Å². The second-order valence-corrected chi connectivity index (χ2v) is 6.26. The molecule has 112 valence electrons. The summed E-state index contributed by atoms with van der Waals surface area (Å²) in [4.78, 5) is 14.6. The molecule has 2 heterocycles. The van der Waals surface area contributed by atoms with Gasteiger partial charge in [0, 0.05) is 12.1 Å². The summed E-state index contributed by atoms with van der Waals surface area (Å²) in [5.74, 6) is 0.860. The van der Waals surface area contributed by atoms with Crippen molar-refractivity contribution in [1.29, 1.82) is 0 Å². The third-order valence-electron chi connectivity index (χ3n) is 3.74. The maximum atomic E-state index is 12.0. The average Bonchev–Trinajstić information content (AvgIpc) is 2.79. The van der Waals surface area contributed by atoms with Gasteiger partial charge in [0.15, 0.2) is 0 Å². The highest BCUT2D eigenvalue weighted by atomic mass is 32.1. The molecule has 1 aromatic rings. The minimum absolute atomic E-state index is 0.00767. The standard InChI is InChI=1S/C14H22N2O3S/c1-9(2)3-4-10-7-11(8-17)19-13(10)16-6-5-12(20)15-14(16)18/h5-6,9-11,13,17H,3-4,7-8H2,1-2H3,(H,15,18,20)/t10?,11-,13+/m1/s1. The van der Waals surface area contributed by atoms with Gasteiger partial charge in [-0.1, -0.05) is 32.5 Å². The van der Waals surface area contributed by atoms with Crippen LogP contribution in [-0.4, -0.2) is 27.4 Å². The molecule has 2 rings (SSSR count). The molecule has 1 aliphatic rings. The Hall–Kier alpha value is -0.980. The van der Waals surface area contributed by atoms with Crippen LogP contribution in [0.5, 0.6) is 0 Å². The third kappa shape index (κ3) is 3.56. The van der Waals surface area contributed by atoms with Crippen molar-refractivity contribution >= 4 is 12.2 Å². The van der Waals surface area contributed by atoms with E-state index in [0.29, 0.717) is 10.6 Å². The summed E-state index contributed by atoms with van der Waals surface area (Å²) in [7, 11) is 0.